The van der Waals surface area contributed by atoms with Crippen LogP contribution in [0, 0.1) is 0 Å². The number of halogens is 1. The lowest BCUT2D eigenvalue weighted by atomic mass is 10.1. The SMILES string of the molecule is COc1cccc(CCCN(C)C)c1.Cl. The van der Waals surface area contributed by atoms with Crippen LogP contribution in [0.2, 0.25) is 0 Å². The summed E-state index contributed by atoms with van der Waals surface area (Å²) in [5.41, 5.74) is 1.35. The van der Waals surface area contributed by atoms with Crippen molar-refractivity contribution < 1.29 is 4.74 Å². The van der Waals surface area contributed by atoms with Crippen molar-refractivity contribution in [3.05, 3.63) is 29.8 Å². The molecule has 0 atom stereocenters. The lowest BCUT2D eigenvalue weighted by molar-refractivity contribution is 0.399. The minimum absolute atomic E-state index is 0. The van der Waals surface area contributed by atoms with Gasteiger partial charge in [0.25, 0.3) is 0 Å². The first kappa shape index (κ1) is 14.3. The molecule has 86 valence electrons. The highest BCUT2D eigenvalue weighted by molar-refractivity contribution is 5.85. The van der Waals surface area contributed by atoms with Crippen LogP contribution >= 0.6 is 12.4 Å². The zero-order valence-corrected chi connectivity index (χ0v) is 10.5. The number of nitrogens with zero attached hydrogens (tertiary/aromatic N) is 1. The van der Waals surface area contributed by atoms with Crippen LogP contribution in [0.5, 0.6) is 5.75 Å². The highest BCUT2D eigenvalue weighted by Crippen LogP contribution is 2.13. The van der Waals surface area contributed by atoms with Gasteiger partial charge in [-0.15, -0.1) is 12.4 Å². The second-order valence-electron chi connectivity index (χ2n) is 3.76. The van der Waals surface area contributed by atoms with Crippen LogP contribution in [0.25, 0.3) is 0 Å². The van der Waals surface area contributed by atoms with E-state index in [0.717, 1.165) is 18.7 Å². The zero-order chi connectivity index (χ0) is 10.4. The third kappa shape index (κ3) is 5.65. The van der Waals surface area contributed by atoms with Gasteiger partial charge >= 0.3 is 0 Å². The molecule has 0 spiro atoms. The van der Waals surface area contributed by atoms with Crippen molar-refractivity contribution in [3.8, 4) is 5.75 Å². The first-order chi connectivity index (χ1) is 6.72. The molecule has 0 aliphatic heterocycles. The van der Waals surface area contributed by atoms with Gasteiger partial charge in [0.1, 0.15) is 5.75 Å². The van der Waals surface area contributed by atoms with E-state index >= 15 is 0 Å². The molecule has 0 amide bonds. The average molecular weight is 230 g/mol. The van der Waals surface area contributed by atoms with E-state index in [9.17, 15) is 0 Å². The summed E-state index contributed by atoms with van der Waals surface area (Å²) in [6.45, 7) is 1.14. The van der Waals surface area contributed by atoms with E-state index in [1.165, 1.54) is 12.0 Å². The molecule has 1 aromatic carbocycles. The molecule has 0 aromatic heterocycles. The van der Waals surface area contributed by atoms with Crippen molar-refractivity contribution in [2.24, 2.45) is 0 Å². The van der Waals surface area contributed by atoms with Crippen LogP contribution in [0.4, 0.5) is 0 Å². The molecule has 0 saturated carbocycles. The van der Waals surface area contributed by atoms with E-state index in [1.807, 2.05) is 12.1 Å². The molecule has 0 heterocycles. The van der Waals surface area contributed by atoms with Gasteiger partial charge in [-0.05, 0) is 51.2 Å². The smallest absolute Gasteiger partial charge is 0.119 e. The molecule has 1 rings (SSSR count). The van der Waals surface area contributed by atoms with E-state index in [0.29, 0.717) is 0 Å². The molecule has 0 bridgehead atoms. The Morgan fingerprint density at radius 3 is 2.60 bits per heavy atom. The molecule has 0 aliphatic carbocycles. The normalized spacial score (nSPS) is 9.87. The molecule has 1 aromatic rings. The van der Waals surface area contributed by atoms with E-state index in [-0.39, 0.29) is 12.4 Å². The standard InChI is InChI=1S/C12H19NO.ClH/c1-13(2)9-5-7-11-6-4-8-12(10-11)14-3;/h4,6,8,10H,5,7,9H2,1-3H3;1H. The van der Waals surface area contributed by atoms with E-state index in [1.54, 1.807) is 7.11 Å². The van der Waals surface area contributed by atoms with Crippen molar-refractivity contribution in [3.63, 3.8) is 0 Å². The van der Waals surface area contributed by atoms with Gasteiger partial charge < -0.3 is 9.64 Å². The molecular formula is C12H20ClNO. The maximum atomic E-state index is 5.17. The number of aryl methyl sites for hydroxylation is 1. The zero-order valence-electron chi connectivity index (χ0n) is 9.69. The van der Waals surface area contributed by atoms with Gasteiger partial charge in [-0.25, -0.2) is 0 Å². The molecular weight excluding hydrogens is 210 g/mol. The summed E-state index contributed by atoms with van der Waals surface area (Å²) in [7, 11) is 5.91. The topological polar surface area (TPSA) is 12.5 Å². The Morgan fingerprint density at radius 2 is 2.00 bits per heavy atom. The van der Waals surface area contributed by atoms with E-state index in [2.05, 4.69) is 31.1 Å². The monoisotopic (exact) mass is 229 g/mol. The summed E-state index contributed by atoms with van der Waals surface area (Å²) < 4.78 is 5.17. The van der Waals surface area contributed by atoms with Gasteiger partial charge in [-0.2, -0.15) is 0 Å². The molecule has 2 nitrogen and oxygen atoms in total. The first-order valence-corrected chi connectivity index (χ1v) is 5.00. The fourth-order valence-electron chi connectivity index (χ4n) is 1.43. The van der Waals surface area contributed by atoms with Crippen molar-refractivity contribution in [1.29, 1.82) is 0 Å². The van der Waals surface area contributed by atoms with Gasteiger partial charge in [0.05, 0.1) is 7.11 Å². The minimum Gasteiger partial charge on any atom is -0.497 e. The highest BCUT2D eigenvalue weighted by Gasteiger charge is 1.96. The fourth-order valence-corrected chi connectivity index (χ4v) is 1.43. The van der Waals surface area contributed by atoms with Crippen molar-refractivity contribution >= 4 is 12.4 Å². The highest BCUT2D eigenvalue weighted by atomic mass is 35.5. The second kappa shape index (κ2) is 7.55. The lowest BCUT2D eigenvalue weighted by Crippen LogP contribution is -2.13. The van der Waals surface area contributed by atoms with Gasteiger partial charge in [0, 0.05) is 0 Å². The Balaban J connectivity index is 0.00000196. The molecule has 3 heteroatoms. The van der Waals surface area contributed by atoms with Crippen molar-refractivity contribution in [2.75, 3.05) is 27.7 Å². The molecule has 15 heavy (non-hydrogen) atoms. The summed E-state index contributed by atoms with van der Waals surface area (Å²) in [5, 5.41) is 0. The first-order valence-electron chi connectivity index (χ1n) is 5.00. The maximum absolute atomic E-state index is 5.17. The van der Waals surface area contributed by atoms with Crippen molar-refractivity contribution in [1.82, 2.24) is 4.90 Å². The number of hydrogen-bond acceptors (Lipinski definition) is 2. The Morgan fingerprint density at radius 1 is 1.27 bits per heavy atom. The third-order valence-corrected chi connectivity index (χ3v) is 2.20. The number of benzene rings is 1. The van der Waals surface area contributed by atoms with Crippen LogP contribution in [0.3, 0.4) is 0 Å². The Kier molecular flexibility index (Phi) is 7.18. The summed E-state index contributed by atoms with van der Waals surface area (Å²) >= 11 is 0. The molecule has 0 radical (unpaired) electrons. The van der Waals surface area contributed by atoms with Crippen molar-refractivity contribution in [2.45, 2.75) is 12.8 Å². The number of ether oxygens (including phenoxy) is 1. The predicted molar refractivity (Wildman–Crippen MR) is 67.1 cm³/mol. The Labute approximate surface area is 98.6 Å². The minimum atomic E-state index is 0. The fraction of sp³-hybridized carbons (Fsp3) is 0.500. The van der Waals surface area contributed by atoms with Gasteiger partial charge in [-0.3, -0.25) is 0 Å². The van der Waals surface area contributed by atoms with Crippen LogP contribution in [0.15, 0.2) is 24.3 Å². The summed E-state index contributed by atoms with van der Waals surface area (Å²) in [5.74, 6) is 0.951. The van der Waals surface area contributed by atoms with Crippen LogP contribution in [-0.4, -0.2) is 32.6 Å². The molecule has 0 fully saturated rings. The molecule has 0 N–H and O–H groups in total. The van der Waals surface area contributed by atoms with Crippen LogP contribution < -0.4 is 4.74 Å². The Hall–Kier alpha value is -0.730. The summed E-state index contributed by atoms with van der Waals surface area (Å²) in [4.78, 5) is 2.21. The predicted octanol–water partition coefficient (Wildman–Crippen LogP) is 2.61. The number of hydrogen-bond donors (Lipinski definition) is 0. The Bertz CT molecular complexity index is 276. The lowest BCUT2D eigenvalue weighted by Gasteiger charge is -2.09. The maximum Gasteiger partial charge on any atom is 0.119 e. The summed E-state index contributed by atoms with van der Waals surface area (Å²) in [6.07, 6.45) is 2.32. The quantitative estimate of drug-likeness (QED) is 0.770. The number of rotatable bonds is 5. The van der Waals surface area contributed by atoms with Gasteiger partial charge in [0.15, 0.2) is 0 Å². The van der Waals surface area contributed by atoms with Gasteiger partial charge in [0.2, 0.25) is 0 Å². The second-order valence-corrected chi connectivity index (χ2v) is 3.76. The average Bonchev–Trinajstić information content (AvgIpc) is 2.18. The summed E-state index contributed by atoms with van der Waals surface area (Å²) in [6, 6.07) is 8.28. The largest absolute Gasteiger partial charge is 0.497 e. The third-order valence-electron chi connectivity index (χ3n) is 2.20. The van der Waals surface area contributed by atoms with Crippen LogP contribution in [0.1, 0.15) is 12.0 Å². The van der Waals surface area contributed by atoms with Gasteiger partial charge in [-0.1, -0.05) is 12.1 Å². The van der Waals surface area contributed by atoms with E-state index in [4.69, 9.17) is 4.74 Å². The van der Waals surface area contributed by atoms with Crippen LogP contribution in [-0.2, 0) is 6.42 Å². The molecule has 0 saturated heterocycles. The molecule has 0 unspecified atom stereocenters. The van der Waals surface area contributed by atoms with E-state index < -0.39 is 0 Å². The number of methoxy groups -OCH3 is 1. The molecule has 0 aliphatic rings.